The monoisotopic (exact) mass is 402 g/mol. The Bertz CT molecular complexity index is 790. The van der Waals surface area contributed by atoms with Crippen LogP contribution in [0.3, 0.4) is 0 Å². The predicted molar refractivity (Wildman–Crippen MR) is 114 cm³/mol. The van der Waals surface area contributed by atoms with Crippen molar-refractivity contribution in [2.75, 3.05) is 13.2 Å². The Morgan fingerprint density at radius 3 is 2.43 bits per heavy atom. The van der Waals surface area contributed by atoms with Crippen LogP contribution in [0.25, 0.3) is 0 Å². The number of hydrogen-bond donors (Lipinski definition) is 3. The number of aryl methyl sites for hydroxylation is 2. The number of rotatable bonds is 6. The molecule has 3 N–H and O–H groups in total. The molecular formula is C23H30O4S. The van der Waals surface area contributed by atoms with Crippen molar-refractivity contribution in [2.24, 2.45) is 0 Å². The van der Waals surface area contributed by atoms with Gasteiger partial charge in [0.15, 0.2) is 0 Å². The van der Waals surface area contributed by atoms with Crippen LogP contribution >= 0.6 is 11.8 Å². The summed E-state index contributed by atoms with van der Waals surface area (Å²) < 4.78 is 5.52. The molecule has 0 aromatic heterocycles. The normalized spacial score (nSPS) is 24.9. The van der Waals surface area contributed by atoms with Crippen molar-refractivity contribution in [1.29, 1.82) is 0 Å². The number of aliphatic hydroxyl groups is 3. The molecule has 0 amide bonds. The Morgan fingerprint density at radius 1 is 1.07 bits per heavy atom. The second kappa shape index (κ2) is 9.31. The highest BCUT2D eigenvalue weighted by atomic mass is 32.2. The minimum atomic E-state index is -0.875. The Labute approximate surface area is 171 Å². The van der Waals surface area contributed by atoms with Crippen molar-refractivity contribution in [1.82, 2.24) is 0 Å². The Kier molecular flexibility index (Phi) is 7.05. The van der Waals surface area contributed by atoms with Gasteiger partial charge in [0.05, 0.1) is 30.7 Å². The fourth-order valence-corrected chi connectivity index (χ4v) is 5.41. The molecule has 1 saturated heterocycles. The van der Waals surface area contributed by atoms with E-state index in [0.717, 1.165) is 12.2 Å². The molecule has 0 bridgehead atoms. The molecule has 5 heteroatoms. The van der Waals surface area contributed by atoms with Crippen LogP contribution in [0, 0.1) is 13.8 Å². The molecule has 3 rings (SSSR count). The summed E-state index contributed by atoms with van der Waals surface area (Å²) in [6, 6.07) is 12.6. The third kappa shape index (κ3) is 4.71. The van der Waals surface area contributed by atoms with E-state index < -0.39 is 12.2 Å². The van der Waals surface area contributed by atoms with Crippen LogP contribution in [0.1, 0.15) is 46.4 Å². The zero-order valence-corrected chi connectivity index (χ0v) is 17.6. The van der Waals surface area contributed by atoms with Gasteiger partial charge in [-0.1, -0.05) is 24.3 Å². The lowest BCUT2D eigenvalue weighted by atomic mass is 9.91. The van der Waals surface area contributed by atoms with Gasteiger partial charge in [-0.15, -0.1) is 11.8 Å². The molecule has 1 aliphatic heterocycles. The number of ether oxygens (including phenoxy) is 1. The maximum absolute atomic E-state index is 10.2. The van der Waals surface area contributed by atoms with Gasteiger partial charge in [-0.05, 0) is 73.6 Å². The maximum Gasteiger partial charge on any atom is 0.119 e. The highest BCUT2D eigenvalue weighted by Gasteiger charge is 2.37. The van der Waals surface area contributed by atoms with Gasteiger partial charge in [-0.2, -0.15) is 0 Å². The zero-order chi connectivity index (χ0) is 20.3. The van der Waals surface area contributed by atoms with Crippen molar-refractivity contribution in [3.63, 3.8) is 0 Å². The first-order valence-electron chi connectivity index (χ1n) is 9.87. The van der Waals surface area contributed by atoms with Crippen molar-refractivity contribution < 1.29 is 20.1 Å². The quantitative estimate of drug-likeness (QED) is 0.689. The Hall–Kier alpha value is -1.53. The van der Waals surface area contributed by atoms with Gasteiger partial charge in [-0.25, -0.2) is 0 Å². The molecule has 0 aliphatic carbocycles. The fraction of sp³-hybridized carbons (Fsp3) is 0.478. The lowest BCUT2D eigenvalue weighted by molar-refractivity contribution is -0.000222. The van der Waals surface area contributed by atoms with E-state index in [9.17, 15) is 15.3 Å². The van der Waals surface area contributed by atoms with Gasteiger partial charge >= 0.3 is 0 Å². The molecule has 2 aromatic rings. The van der Waals surface area contributed by atoms with Crippen molar-refractivity contribution >= 4 is 11.8 Å². The van der Waals surface area contributed by atoms with E-state index in [1.165, 1.54) is 27.8 Å². The Morgan fingerprint density at radius 2 is 1.79 bits per heavy atom. The van der Waals surface area contributed by atoms with Crippen LogP contribution in [0.5, 0.6) is 5.75 Å². The number of benzene rings is 2. The summed E-state index contributed by atoms with van der Waals surface area (Å²) >= 11 is 1.56. The molecule has 0 radical (unpaired) electrons. The third-order valence-corrected chi connectivity index (χ3v) is 7.00. The van der Waals surface area contributed by atoms with Crippen molar-refractivity contribution in [3.05, 3.63) is 64.2 Å². The molecule has 4 atom stereocenters. The topological polar surface area (TPSA) is 69.9 Å². The second-order valence-electron chi connectivity index (χ2n) is 7.53. The van der Waals surface area contributed by atoms with Crippen LogP contribution in [0.4, 0.5) is 0 Å². The fourth-order valence-electron chi connectivity index (χ4n) is 3.85. The van der Waals surface area contributed by atoms with E-state index in [4.69, 9.17) is 4.74 Å². The molecular weight excluding hydrogens is 372 g/mol. The van der Waals surface area contributed by atoms with E-state index in [1.807, 2.05) is 19.1 Å². The summed E-state index contributed by atoms with van der Waals surface area (Å²) in [5.74, 6) is 0.883. The average Bonchev–Trinajstić information content (AvgIpc) is 2.67. The summed E-state index contributed by atoms with van der Waals surface area (Å²) in [6.07, 6.45) is -0.356. The smallest absolute Gasteiger partial charge is 0.119 e. The Balaban J connectivity index is 1.84. The minimum absolute atomic E-state index is 0.0650. The molecule has 4 unspecified atom stereocenters. The summed E-state index contributed by atoms with van der Waals surface area (Å²) in [4.78, 5) is 0. The van der Waals surface area contributed by atoms with Crippen LogP contribution in [0.15, 0.2) is 36.4 Å². The largest absolute Gasteiger partial charge is 0.494 e. The second-order valence-corrected chi connectivity index (χ2v) is 8.98. The molecule has 28 heavy (non-hydrogen) atoms. The molecule has 2 aromatic carbocycles. The lowest BCUT2D eigenvalue weighted by Gasteiger charge is -2.36. The predicted octanol–water partition coefficient (Wildman–Crippen LogP) is 3.55. The van der Waals surface area contributed by atoms with Gasteiger partial charge in [0.25, 0.3) is 0 Å². The first-order chi connectivity index (χ1) is 13.4. The summed E-state index contributed by atoms with van der Waals surface area (Å²) in [7, 11) is 0. The highest BCUT2D eigenvalue weighted by Crippen LogP contribution is 2.44. The number of hydrogen-bond acceptors (Lipinski definition) is 5. The van der Waals surface area contributed by atoms with Crippen LogP contribution in [0.2, 0.25) is 0 Å². The molecule has 0 spiro atoms. The average molecular weight is 403 g/mol. The zero-order valence-electron chi connectivity index (χ0n) is 16.8. The van der Waals surface area contributed by atoms with E-state index in [2.05, 4.69) is 38.1 Å². The van der Waals surface area contributed by atoms with Crippen molar-refractivity contribution in [3.8, 4) is 5.75 Å². The third-order valence-electron chi connectivity index (χ3n) is 5.45. The summed E-state index contributed by atoms with van der Waals surface area (Å²) in [5.41, 5.74) is 6.09. The summed E-state index contributed by atoms with van der Waals surface area (Å²) in [5, 5.41) is 29.6. The van der Waals surface area contributed by atoms with Gasteiger partial charge in [0, 0.05) is 5.25 Å². The lowest BCUT2D eigenvalue weighted by Crippen LogP contribution is -2.42. The van der Waals surface area contributed by atoms with Crippen LogP contribution in [-0.2, 0) is 6.42 Å². The molecule has 0 saturated carbocycles. The number of aliphatic hydroxyl groups excluding tert-OH is 3. The van der Waals surface area contributed by atoms with Gasteiger partial charge in [0.1, 0.15) is 5.75 Å². The van der Waals surface area contributed by atoms with E-state index in [-0.39, 0.29) is 17.1 Å². The standard InChI is InChI=1S/C23H30O4S/c1-4-27-18-7-5-16(6-8-18)10-17-11-19(15(3)9-14(17)2)21-12-20(25)23(26)22(13-24)28-21/h5-9,11,20-26H,4,10,12-13H2,1-3H3. The van der Waals surface area contributed by atoms with Crippen LogP contribution < -0.4 is 4.74 Å². The molecule has 152 valence electrons. The van der Waals surface area contributed by atoms with E-state index in [1.54, 1.807) is 11.8 Å². The van der Waals surface area contributed by atoms with Crippen molar-refractivity contribution in [2.45, 2.75) is 56.3 Å². The highest BCUT2D eigenvalue weighted by molar-refractivity contribution is 8.00. The van der Waals surface area contributed by atoms with Gasteiger partial charge < -0.3 is 20.1 Å². The molecule has 1 fully saturated rings. The van der Waals surface area contributed by atoms with E-state index in [0.29, 0.717) is 13.0 Å². The summed E-state index contributed by atoms with van der Waals surface area (Å²) in [6.45, 7) is 6.72. The molecule has 4 nitrogen and oxygen atoms in total. The van der Waals surface area contributed by atoms with Crippen LogP contribution in [-0.4, -0.2) is 46.0 Å². The number of thioether (sulfide) groups is 1. The molecule has 1 heterocycles. The van der Waals surface area contributed by atoms with Gasteiger partial charge in [-0.3, -0.25) is 0 Å². The maximum atomic E-state index is 10.2. The van der Waals surface area contributed by atoms with Gasteiger partial charge in [0.2, 0.25) is 0 Å². The minimum Gasteiger partial charge on any atom is -0.494 e. The SMILES string of the molecule is CCOc1ccc(Cc2cc(C3CC(O)C(O)C(CO)S3)c(C)cc2C)cc1. The first-order valence-corrected chi connectivity index (χ1v) is 10.8. The molecule has 1 aliphatic rings. The first kappa shape index (κ1) is 21.2. The van der Waals surface area contributed by atoms with E-state index >= 15 is 0 Å².